The topological polar surface area (TPSA) is 109 Å². The van der Waals surface area contributed by atoms with Crippen molar-refractivity contribution in [1.82, 2.24) is 15.0 Å². The molecular formula is C16H13Cl2N4O4S2-. The van der Waals surface area contributed by atoms with Crippen molar-refractivity contribution < 1.29 is 18.2 Å². The van der Waals surface area contributed by atoms with Crippen molar-refractivity contribution in [2.75, 3.05) is 25.2 Å². The molecule has 0 aliphatic carbocycles. The number of rotatable bonds is 6. The SMILES string of the molecule is COc1cc(OC)c(Cl)c(-c2cc3cnc(SC)nc3c(NS(=O)[O-])n2)c1Cl. The minimum atomic E-state index is -2.61. The Bertz CT molecular complexity index is 1060. The molecule has 0 aliphatic rings. The van der Waals surface area contributed by atoms with E-state index < -0.39 is 11.3 Å². The summed E-state index contributed by atoms with van der Waals surface area (Å²) in [6.07, 6.45) is 3.38. The highest BCUT2D eigenvalue weighted by atomic mass is 35.5. The number of hydrogen-bond donors (Lipinski definition) is 1. The van der Waals surface area contributed by atoms with Gasteiger partial charge in [0.25, 0.3) is 0 Å². The number of ether oxygens (including phenoxy) is 2. The first-order chi connectivity index (χ1) is 13.4. The Morgan fingerprint density at radius 1 is 1.14 bits per heavy atom. The molecule has 12 heteroatoms. The summed E-state index contributed by atoms with van der Waals surface area (Å²) >= 11 is 11.6. The van der Waals surface area contributed by atoms with Crippen LogP contribution in [0.1, 0.15) is 0 Å². The Hall–Kier alpha value is -1.85. The minimum absolute atomic E-state index is 0.0208. The van der Waals surface area contributed by atoms with E-state index >= 15 is 0 Å². The van der Waals surface area contributed by atoms with E-state index in [0.717, 1.165) is 0 Å². The molecule has 8 nitrogen and oxygen atoms in total. The average molecular weight is 460 g/mol. The van der Waals surface area contributed by atoms with Crippen LogP contribution in [0, 0.1) is 0 Å². The van der Waals surface area contributed by atoms with Crippen LogP contribution in [0.4, 0.5) is 5.82 Å². The zero-order valence-electron chi connectivity index (χ0n) is 14.8. The smallest absolute Gasteiger partial charge is 0.187 e. The number of anilines is 1. The quantitative estimate of drug-likeness (QED) is 0.335. The van der Waals surface area contributed by atoms with Crippen LogP contribution in [0.25, 0.3) is 22.2 Å². The van der Waals surface area contributed by atoms with E-state index in [9.17, 15) is 8.76 Å². The van der Waals surface area contributed by atoms with Crippen molar-refractivity contribution in [2.45, 2.75) is 5.16 Å². The van der Waals surface area contributed by atoms with Crippen LogP contribution < -0.4 is 14.2 Å². The maximum Gasteiger partial charge on any atom is 0.187 e. The normalized spacial score (nSPS) is 12.1. The van der Waals surface area contributed by atoms with Gasteiger partial charge in [0, 0.05) is 34.5 Å². The van der Waals surface area contributed by atoms with Gasteiger partial charge in [0.15, 0.2) is 11.0 Å². The summed E-state index contributed by atoms with van der Waals surface area (Å²) in [5.41, 5.74) is 0.970. The largest absolute Gasteiger partial charge is 0.755 e. The fourth-order valence-electron chi connectivity index (χ4n) is 2.51. The predicted octanol–water partition coefficient (Wildman–Crippen LogP) is 3.94. The number of benzene rings is 1. The molecule has 3 aromatic rings. The van der Waals surface area contributed by atoms with E-state index in [4.69, 9.17) is 32.7 Å². The molecule has 0 spiro atoms. The van der Waals surface area contributed by atoms with Crippen LogP contribution in [0.2, 0.25) is 10.0 Å². The van der Waals surface area contributed by atoms with Gasteiger partial charge >= 0.3 is 0 Å². The van der Waals surface area contributed by atoms with E-state index in [1.807, 2.05) is 6.26 Å². The van der Waals surface area contributed by atoms with Gasteiger partial charge in [-0.1, -0.05) is 35.0 Å². The van der Waals surface area contributed by atoms with Gasteiger partial charge in [-0.2, -0.15) is 0 Å². The van der Waals surface area contributed by atoms with Crippen LogP contribution in [-0.4, -0.2) is 44.2 Å². The standard InChI is InChI=1S/C16H14Cl2N4O4S2/c1-25-9-5-10(26-2)13(18)11(12(9)17)8-4-7-6-19-16(27-3)21-14(7)15(20-8)22-28(23)24/h4-6H,1-3H3,(H,20,22)(H,23,24)/p-1. The lowest BCUT2D eigenvalue weighted by molar-refractivity contribution is 0.395. The van der Waals surface area contributed by atoms with Crippen LogP contribution in [-0.2, 0) is 11.3 Å². The second-order valence-electron chi connectivity index (χ2n) is 5.27. The maximum atomic E-state index is 11.3. The third kappa shape index (κ3) is 3.96. The molecule has 2 heterocycles. The molecule has 0 saturated heterocycles. The summed E-state index contributed by atoms with van der Waals surface area (Å²) in [4.78, 5) is 12.9. The summed E-state index contributed by atoms with van der Waals surface area (Å²) in [5.74, 6) is 0.680. The van der Waals surface area contributed by atoms with Crippen LogP contribution >= 0.6 is 35.0 Å². The minimum Gasteiger partial charge on any atom is -0.755 e. The molecule has 1 atom stereocenters. The molecule has 1 N–H and O–H groups in total. The molecule has 3 rings (SSSR count). The van der Waals surface area contributed by atoms with Gasteiger partial charge in [-0.15, -0.1) is 0 Å². The summed E-state index contributed by atoms with van der Waals surface area (Å²) < 4.78 is 35.3. The first-order valence-corrected chi connectivity index (χ1v) is 10.6. The summed E-state index contributed by atoms with van der Waals surface area (Å²) in [6, 6.07) is 3.21. The molecule has 148 valence electrons. The summed E-state index contributed by atoms with van der Waals surface area (Å²) in [5, 5.41) is 1.43. The zero-order chi connectivity index (χ0) is 20.4. The van der Waals surface area contributed by atoms with Gasteiger partial charge in [-0.25, -0.2) is 15.0 Å². The Morgan fingerprint density at radius 2 is 1.79 bits per heavy atom. The van der Waals surface area contributed by atoms with Gasteiger partial charge in [0.1, 0.15) is 17.0 Å². The highest BCUT2D eigenvalue weighted by Gasteiger charge is 2.21. The monoisotopic (exact) mass is 459 g/mol. The molecule has 0 radical (unpaired) electrons. The average Bonchev–Trinajstić information content (AvgIpc) is 2.67. The van der Waals surface area contributed by atoms with Crippen molar-refractivity contribution >= 4 is 63.0 Å². The number of methoxy groups -OCH3 is 2. The molecule has 0 amide bonds. The lowest BCUT2D eigenvalue weighted by atomic mass is 10.1. The molecule has 0 saturated carbocycles. The fourth-order valence-corrected chi connectivity index (χ4v) is 3.85. The van der Waals surface area contributed by atoms with Crippen LogP contribution in [0.3, 0.4) is 0 Å². The number of fused-ring (bicyclic) bond motifs is 1. The third-order valence-corrected chi connectivity index (χ3v) is 5.41. The maximum absolute atomic E-state index is 11.3. The van der Waals surface area contributed by atoms with Gasteiger partial charge in [-0.05, 0) is 12.3 Å². The lowest BCUT2D eigenvalue weighted by Crippen LogP contribution is -2.07. The van der Waals surface area contributed by atoms with Crippen molar-refractivity contribution in [3.8, 4) is 22.8 Å². The fraction of sp³-hybridized carbons (Fsp3) is 0.188. The lowest BCUT2D eigenvalue weighted by Gasteiger charge is -2.16. The number of nitrogens with one attached hydrogen (secondary N) is 1. The Morgan fingerprint density at radius 3 is 2.32 bits per heavy atom. The number of nitrogens with zero attached hydrogens (tertiary/aromatic N) is 3. The molecule has 0 fully saturated rings. The van der Waals surface area contributed by atoms with Gasteiger partial charge in [0.05, 0.1) is 30.0 Å². The first kappa shape index (κ1) is 20.9. The number of thioether (sulfide) groups is 1. The van der Waals surface area contributed by atoms with Gasteiger partial charge in [-0.3, -0.25) is 8.93 Å². The number of hydrogen-bond acceptors (Lipinski definition) is 8. The number of halogens is 2. The molecule has 1 aromatic carbocycles. The van der Waals surface area contributed by atoms with Crippen molar-refractivity contribution in [2.24, 2.45) is 0 Å². The first-order valence-electron chi connectivity index (χ1n) is 7.57. The number of aromatic nitrogens is 3. The summed E-state index contributed by atoms with van der Waals surface area (Å²) in [7, 11) is 2.91. The Balaban J connectivity index is 2.34. The van der Waals surface area contributed by atoms with E-state index in [1.165, 1.54) is 26.0 Å². The van der Waals surface area contributed by atoms with E-state index in [-0.39, 0.29) is 15.9 Å². The van der Waals surface area contributed by atoms with Crippen molar-refractivity contribution in [3.05, 3.63) is 28.4 Å². The van der Waals surface area contributed by atoms with Gasteiger partial charge < -0.3 is 14.0 Å². The van der Waals surface area contributed by atoms with E-state index in [0.29, 0.717) is 38.8 Å². The van der Waals surface area contributed by atoms with Crippen molar-refractivity contribution in [3.63, 3.8) is 0 Å². The second kappa shape index (κ2) is 8.66. The van der Waals surface area contributed by atoms with E-state index in [1.54, 1.807) is 18.3 Å². The molecule has 2 aromatic heterocycles. The van der Waals surface area contributed by atoms with Crippen molar-refractivity contribution in [1.29, 1.82) is 0 Å². The van der Waals surface area contributed by atoms with Gasteiger partial charge in [0.2, 0.25) is 0 Å². The van der Waals surface area contributed by atoms with Crippen LogP contribution in [0.15, 0.2) is 23.5 Å². The molecule has 1 unspecified atom stereocenters. The predicted molar refractivity (Wildman–Crippen MR) is 110 cm³/mol. The molecule has 0 bridgehead atoms. The highest BCUT2D eigenvalue weighted by Crippen LogP contribution is 2.46. The Labute approximate surface area is 177 Å². The Kier molecular flexibility index (Phi) is 6.46. The number of pyridine rings is 1. The zero-order valence-corrected chi connectivity index (χ0v) is 17.9. The highest BCUT2D eigenvalue weighted by molar-refractivity contribution is 7.98. The van der Waals surface area contributed by atoms with Crippen LogP contribution in [0.5, 0.6) is 11.5 Å². The molecule has 28 heavy (non-hydrogen) atoms. The van der Waals surface area contributed by atoms with E-state index in [2.05, 4.69) is 19.7 Å². The second-order valence-corrected chi connectivity index (χ2v) is 7.47. The molecule has 0 aliphatic heterocycles. The third-order valence-electron chi connectivity index (χ3n) is 3.74. The summed E-state index contributed by atoms with van der Waals surface area (Å²) in [6.45, 7) is 0. The molecular weight excluding hydrogens is 447 g/mol.